The summed E-state index contributed by atoms with van der Waals surface area (Å²) in [5.41, 5.74) is 2.25. The fraction of sp³-hybridized carbons (Fsp3) is 0.571. The topological polar surface area (TPSA) is 136 Å². The average Bonchev–Trinajstić information content (AvgIpc) is 3.44. The zero-order valence-electron chi connectivity index (χ0n) is 22.6. The third kappa shape index (κ3) is 12.7. The van der Waals surface area contributed by atoms with Gasteiger partial charge in [-0.3, -0.25) is 19.3 Å². The first kappa shape index (κ1) is 32.6. The molecule has 0 bridgehead atoms. The number of nitrogens with one attached hydrogen (secondary N) is 1. The molecule has 10 nitrogen and oxygen atoms in total. The van der Waals surface area contributed by atoms with Gasteiger partial charge < -0.3 is 25.2 Å². The molecule has 1 aromatic carbocycles. The summed E-state index contributed by atoms with van der Waals surface area (Å²) in [5.74, 6) is 0.152. The molecule has 212 valence electrons. The van der Waals surface area contributed by atoms with E-state index in [1.165, 1.54) is 17.7 Å². The average molecular weight is 534 g/mol. The second kappa shape index (κ2) is 18.8. The van der Waals surface area contributed by atoms with E-state index in [1.807, 2.05) is 42.2 Å². The van der Waals surface area contributed by atoms with E-state index >= 15 is 0 Å². The van der Waals surface area contributed by atoms with Gasteiger partial charge in [0.05, 0.1) is 0 Å². The summed E-state index contributed by atoms with van der Waals surface area (Å²) in [6, 6.07) is 8.72. The highest BCUT2D eigenvalue weighted by Gasteiger charge is 2.28. The Balaban J connectivity index is 0.000000295. The summed E-state index contributed by atoms with van der Waals surface area (Å²) in [6.45, 7) is 10.0. The summed E-state index contributed by atoms with van der Waals surface area (Å²) in [5, 5.41) is 18.2. The van der Waals surface area contributed by atoms with E-state index in [2.05, 4.69) is 18.8 Å². The predicted octanol–water partition coefficient (Wildman–Crippen LogP) is 4.03. The number of hydrogen-bond donors (Lipinski definition) is 3. The van der Waals surface area contributed by atoms with Gasteiger partial charge in [-0.2, -0.15) is 0 Å². The van der Waals surface area contributed by atoms with Gasteiger partial charge in [-0.1, -0.05) is 30.3 Å². The minimum absolute atomic E-state index is 0.152. The highest BCUT2D eigenvalue weighted by atomic mass is 16.5. The molecular formula is C28H43N3O7. The number of amides is 3. The van der Waals surface area contributed by atoms with Gasteiger partial charge >= 0.3 is 6.09 Å². The van der Waals surface area contributed by atoms with Crippen molar-refractivity contribution in [2.24, 2.45) is 0 Å². The Bertz CT molecular complexity index is 851. The van der Waals surface area contributed by atoms with Gasteiger partial charge in [0.2, 0.25) is 6.41 Å². The lowest BCUT2D eigenvalue weighted by Crippen LogP contribution is -2.41. The lowest BCUT2D eigenvalue weighted by Gasteiger charge is -2.25. The van der Waals surface area contributed by atoms with Crippen molar-refractivity contribution in [3.05, 3.63) is 48.0 Å². The maximum atomic E-state index is 12.1. The molecule has 2 heterocycles. The molecule has 1 aliphatic carbocycles. The SMILES string of the molecule is C=CCCCCO[C@H](C)C(=O)N1CCCC1C.O=C(O)N1Cc2ccccc2C1.O=CNC1CC1.O=CO. The smallest absolute Gasteiger partial charge is 0.407 e. The van der Waals surface area contributed by atoms with Crippen LogP contribution in [0.3, 0.4) is 0 Å². The first-order valence-electron chi connectivity index (χ1n) is 13.1. The second-order valence-corrected chi connectivity index (χ2v) is 9.39. The molecule has 10 heteroatoms. The van der Waals surface area contributed by atoms with Crippen molar-refractivity contribution in [3.63, 3.8) is 0 Å². The molecule has 0 aromatic heterocycles. The van der Waals surface area contributed by atoms with Crippen LogP contribution in [0, 0.1) is 0 Å². The minimum atomic E-state index is -0.841. The molecule has 1 aromatic rings. The van der Waals surface area contributed by atoms with Crippen molar-refractivity contribution in [1.29, 1.82) is 0 Å². The molecule has 3 amide bonds. The number of nitrogens with zero attached hydrogens (tertiary/aromatic N) is 2. The maximum Gasteiger partial charge on any atom is 0.407 e. The summed E-state index contributed by atoms with van der Waals surface area (Å²) < 4.78 is 5.59. The Morgan fingerprint density at radius 3 is 2.18 bits per heavy atom. The monoisotopic (exact) mass is 533 g/mol. The van der Waals surface area contributed by atoms with Crippen LogP contribution >= 0.6 is 0 Å². The molecule has 4 rings (SSSR count). The van der Waals surface area contributed by atoms with Crippen LogP contribution in [0.2, 0.25) is 0 Å². The van der Waals surface area contributed by atoms with Crippen LogP contribution < -0.4 is 5.32 Å². The number of allylic oxidation sites excluding steroid dienone is 1. The quantitative estimate of drug-likeness (QED) is 0.248. The van der Waals surface area contributed by atoms with Crippen molar-refractivity contribution < 1.29 is 34.1 Å². The summed E-state index contributed by atoms with van der Waals surface area (Å²) in [6.07, 6.45) is 9.26. The first-order valence-corrected chi connectivity index (χ1v) is 13.1. The second-order valence-electron chi connectivity index (χ2n) is 9.39. The van der Waals surface area contributed by atoms with Gasteiger partial charge in [0, 0.05) is 38.3 Å². The fourth-order valence-corrected chi connectivity index (χ4v) is 4.03. The number of unbranched alkanes of at least 4 members (excludes halogenated alkanes) is 2. The minimum Gasteiger partial charge on any atom is -0.483 e. The predicted molar refractivity (Wildman–Crippen MR) is 144 cm³/mol. The van der Waals surface area contributed by atoms with E-state index in [0.717, 1.165) is 56.2 Å². The largest absolute Gasteiger partial charge is 0.483 e. The van der Waals surface area contributed by atoms with Crippen LogP contribution in [0.5, 0.6) is 0 Å². The van der Waals surface area contributed by atoms with E-state index in [4.69, 9.17) is 19.7 Å². The third-order valence-electron chi connectivity index (χ3n) is 6.35. The van der Waals surface area contributed by atoms with Crippen molar-refractivity contribution >= 4 is 24.9 Å². The molecule has 0 spiro atoms. The van der Waals surface area contributed by atoms with E-state index in [-0.39, 0.29) is 18.5 Å². The number of carbonyl (C=O) groups is 4. The normalized spacial score (nSPS) is 17.7. The third-order valence-corrected chi connectivity index (χ3v) is 6.35. The van der Waals surface area contributed by atoms with Crippen molar-refractivity contribution in [3.8, 4) is 0 Å². The molecule has 0 radical (unpaired) electrons. The maximum absolute atomic E-state index is 12.1. The number of rotatable bonds is 9. The zero-order valence-corrected chi connectivity index (χ0v) is 22.6. The molecule has 38 heavy (non-hydrogen) atoms. The number of carbonyl (C=O) groups excluding carboxylic acids is 2. The Labute approximate surface area is 225 Å². The van der Waals surface area contributed by atoms with Gasteiger partial charge in [-0.15, -0.1) is 6.58 Å². The van der Waals surface area contributed by atoms with Crippen molar-refractivity contribution in [2.75, 3.05) is 13.2 Å². The van der Waals surface area contributed by atoms with Crippen molar-refractivity contribution in [1.82, 2.24) is 15.1 Å². The Morgan fingerprint density at radius 1 is 1.16 bits per heavy atom. The van der Waals surface area contributed by atoms with Crippen LogP contribution in [0.4, 0.5) is 4.79 Å². The Hall–Kier alpha value is -3.40. The molecule has 2 aliphatic heterocycles. The molecule has 1 unspecified atom stereocenters. The number of ether oxygens (including phenoxy) is 1. The van der Waals surface area contributed by atoms with E-state index in [9.17, 15) is 14.4 Å². The molecule has 3 aliphatic rings. The van der Waals surface area contributed by atoms with Gasteiger partial charge in [-0.05, 0) is 69.9 Å². The highest BCUT2D eigenvalue weighted by molar-refractivity contribution is 5.81. The van der Waals surface area contributed by atoms with Gasteiger partial charge in [-0.25, -0.2) is 4.79 Å². The van der Waals surface area contributed by atoms with Crippen LogP contribution in [-0.4, -0.2) is 76.2 Å². The molecule has 3 N–H and O–H groups in total. The van der Waals surface area contributed by atoms with Crippen LogP contribution in [0.25, 0.3) is 0 Å². The molecular weight excluding hydrogens is 490 g/mol. The summed E-state index contributed by atoms with van der Waals surface area (Å²) >= 11 is 0. The number of benzene rings is 1. The first-order chi connectivity index (χ1) is 18.3. The van der Waals surface area contributed by atoms with Gasteiger partial charge in [0.1, 0.15) is 6.10 Å². The van der Waals surface area contributed by atoms with Gasteiger partial charge in [0.15, 0.2) is 0 Å². The fourth-order valence-electron chi connectivity index (χ4n) is 4.03. The van der Waals surface area contributed by atoms with E-state index in [1.54, 1.807) is 0 Å². The van der Waals surface area contributed by atoms with Gasteiger partial charge in [0.25, 0.3) is 12.4 Å². The Morgan fingerprint density at radius 2 is 1.76 bits per heavy atom. The van der Waals surface area contributed by atoms with E-state index < -0.39 is 6.09 Å². The van der Waals surface area contributed by atoms with E-state index in [0.29, 0.717) is 31.8 Å². The Kier molecular flexibility index (Phi) is 16.1. The number of hydrogen-bond acceptors (Lipinski definition) is 5. The number of likely N-dealkylation sites (tertiary alicyclic amines) is 1. The summed E-state index contributed by atoms with van der Waals surface area (Å²) in [4.78, 5) is 43.9. The van der Waals surface area contributed by atoms with Crippen LogP contribution in [0.1, 0.15) is 69.9 Å². The van der Waals surface area contributed by atoms with Crippen LogP contribution in [0.15, 0.2) is 36.9 Å². The highest BCUT2D eigenvalue weighted by Crippen LogP contribution is 2.22. The number of carboxylic acid groups (broad SMARTS) is 2. The van der Waals surface area contributed by atoms with Crippen molar-refractivity contribution in [2.45, 2.75) is 90.1 Å². The zero-order chi connectivity index (χ0) is 28.3. The molecule has 1 saturated heterocycles. The lowest BCUT2D eigenvalue weighted by atomic mass is 10.1. The molecule has 1 saturated carbocycles. The molecule has 2 fully saturated rings. The lowest BCUT2D eigenvalue weighted by molar-refractivity contribution is -0.143. The summed E-state index contributed by atoms with van der Waals surface area (Å²) in [7, 11) is 0. The standard InChI is InChI=1S/C14H25NO2.C9H9NO2.C4H7NO.CH2O2/c1-4-5-6-7-11-17-13(3)14(16)15-10-8-9-12(15)2;11-9(12)10-5-7-3-1-2-4-8(7)6-10;6-3-5-4-1-2-4;2-1-3/h4,12-13H,1,5-11H2,2-3H3;1-4H,5-6H2,(H,11,12);3-4H,1-2H2,(H,5,6);1H,(H,2,3)/t12?,13-;;;/m1.../s1. The number of fused-ring (bicyclic) bond motifs is 1. The van der Waals surface area contributed by atoms with Crippen LogP contribution in [-0.2, 0) is 32.2 Å². The molecule has 2 atom stereocenters.